The molecule has 0 aliphatic carbocycles. The summed E-state index contributed by atoms with van der Waals surface area (Å²) in [5, 5.41) is 4.41. The number of thiocarbonyl (C=S) groups is 1. The molecule has 0 spiro atoms. The number of carbonyl (C=O) groups excluding carboxylic acids is 2. The van der Waals surface area contributed by atoms with Gasteiger partial charge in [0, 0.05) is 0 Å². The SMILES string of the molecule is CCc1ccc(OCC(=O)NC(=S)NNC(=O)COc2ccc3ccccc3c2Br)cc1. The number of hydrogen-bond acceptors (Lipinski definition) is 5. The molecule has 0 saturated carbocycles. The highest BCUT2D eigenvalue weighted by Crippen LogP contribution is 2.32. The fourth-order valence-electron chi connectivity index (χ4n) is 2.80. The van der Waals surface area contributed by atoms with E-state index in [1.165, 1.54) is 5.56 Å². The van der Waals surface area contributed by atoms with E-state index in [1.807, 2.05) is 42.5 Å². The number of hydrogen-bond donors (Lipinski definition) is 3. The van der Waals surface area contributed by atoms with Crippen LogP contribution >= 0.6 is 28.1 Å². The lowest BCUT2D eigenvalue weighted by molar-refractivity contribution is -0.124. The molecule has 0 radical (unpaired) electrons. The largest absolute Gasteiger partial charge is 0.484 e. The molecule has 2 amide bonds. The molecule has 166 valence electrons. The van der Waals surface area contributed by atoms with Gasteiger partial charge in [-0.2, -0.15) is 0 Å². The van der Waals surface area contributed by atoms with Crippen LogP contribution in [0.25, 0.3) is 10.8 Å². The van der Waals surface area contributed by atoms with E-state index in [4.69, 9.17) is 21.7 Å². The van der Waals surface area contributed by atoms with Gasteiger partial charge in [-0.05, 0) is 69.1 Å². The summed E-state index contributed by atoms with van der Waals surface area (Å²) in [4.78, 5) is 24.0. The van der Waals surface area contributed by atoms with Gasteiger partial charge in [0.2, 0.25) is 0 Å². The molecule has 0 heterocycles. The third kappa shape index (κ3) is 6.66. The Balaban J connectivity index is 1.38. The number of aryl methyl sites for hydroxylation is 1. The average molecular weight is 516 g/mol. The first-order valence-electron chi connectivity index (χ1n) is 9.86. The minimum absolute atomic E-state index is 0.0554. The van der Waals surface area contributed by atoms with Crippen molar-refractivity contribution >= 4 is 55.8 Å². The molecule has 9 heteroatoms. The number of fused-ring (bicyclic) bond motifs is 1. The summed E-state index contributed by atoms with van der Waals surface area (Å²) in [5.74, 6) is 0.210. The van der Waals surface area contributed by atoms with Gasteiger partial charge >= 0.3 is 0 Å². The Kier molecular flexibility index (Phi) is 8.41. The Morgan fingerprint density at radius 3 is 2.38 bits per heavy atom. The number of hydrazine groups is 1. The second kappa shape index (κ2) is 11.4. The molecule has 3 aromatic carbocycles. The summed E-state index contributed by atoms with van der Waals surface area (Å²) in [7, 11) is 0. The fraction of sp³-hybridized carbons (Fsp3) is 0.174. The van der Waals surface area contributed by atoms with Crippen molar-refractivity contribution in [2.75, 3.05) is 13.2 Å². The highest BCUT2D eigenvalue weighted by molar-refractivity contribution is 9.10. The lowest BCUT2D eigenvalue weighted by Gasteiger charge is -2.13. The number of ether oxygens (including phenoxy) is 2. The van der Waals surface area contributed by atoms with Gasteiger partial charge in [-0.3, -0.25) is 25.8 Å². The van der Waals surface area contributed by atoms with Crippen LogP contribution in [-0.4, -0.2) is 30.1 Å². The maximum absolute atomic E-state index is 12.0. The summed E-state index contributed by atoms with van der Waals surface area (Å²) in [6.45, 7) is 1.61. The zero-order chi connectivity index (χ0) is 22.9. The van der Waals surface area contributed by atoms with Crippen LogP contribution in [0.15, 0.2) is 65.1 Å². The van der Waals surface area contributed by atoms with E-state index in [9.17, 15) is 9.59 Å². The van der Waals surface area contributed by atoms with E-state index in [1.54, 1.807) is 18.2 Å². The predicted octanol–water partition coefficient (Wildman–Crippen LogP) is 3.64. The Labute approximate surface area is 199 Å². The molecular weight excluding hydrogens is 494 g/mol. The van der Waals surface area contributed by atoms with Crippen LogP contribution in [-0.2, 0) is 16.0 Å². The minimum atomic E-state index is -0.464. The highest BCUT2D eigenvalue weighted by atomic mass is 79.9. The van der Waals surface area contributed by atoms with E-state index in [2.05, 4.69) is 39.0 Å². The summed E-state index contributed by atoms with van der Waals surface area (Å²) in [6, 6.07) is 19.0. The van der Waals surface area contributed by atoms with Crippen LogP contribution in [0.3, 0.4) is 0 Å². The normalized spacial score (nSPS) is 10.3. The third-order valence-corrected chi connectivity index (χ3v) is 5.48. The van der Waals surface area contributed by atoms with Crippen LogP contribution in [0.4, 0.5) is 0 Å². The van der Waals surface area contributed by atoms with Gasteiger partial charge in [0.25, 0.3) is 11.8 Å². The summed E-state index contributed by atoms with van der Waals surface area (Å²) in [6.07, 6.45) is 0.928. The number of carbonyl (C=O) groups is 2. The zero-order valence-electron chi connectivity index (χ0n) is 17.3. The first-order valence-corrected chi connectivity index (χ1v) is 11.1. The molecule has 0 saturated heterocycles. The van der Waals surface area contributed by atoms with Crippen molar-refractivity contribution in [3.05, 3.63) is 70.7 Å². The van der Waals surface area contributed by atoms with Gasteiger partial charge in [0.05, 0.1) is 4.47 Å². The van der Waals surface area contributed by atoms with Crippen molar-refractivity contribution in [3.63, 3.8) is 0 Å². The lowest BCUT2D eigenvalue weighted by atomic mass is 10.1. The molecule has 0 aliphatic heterocycles. The Morgan fingerprint density at radius 1 is 0.906 bits per heavy atom. The topological polar surface area (TPSA) is 88.7 Å². The monoisotopic (exact) mass is 515 g/mol. The Hall–Kier alpha value is -3.17. The maximum Gasteiger partial charge on any atom is 0.276 e. The first-order chi connectivity index (χ1) is 15.5. The van der Waals surface area contributed by atoms with Gasteiger partial charge < -0.3 is 9.47 Å². The molecule has 32 heavy (non-hydrogen) atoms. The first kappa shape index (κ1) is 23.5. The summed E-state index contributed by atoms with van der Waals surface area (Å²) in [5.41, 5.74) is 6.02. The van der Waals surface area contributed by atoms with Crippen LogP contribution in [0.5, 0.6) is 11.5 Å². The van der Waals surface area contributed by atoms with Crippen LogP contribution in [0, 0.1) is 0 Å². The molecular formula is C23H22BrN3O4S. The van der Waals surface area contributed by atoms with Crippen LogP contribution in [0.2, 0.25) is 0 Å². The van der Waals surface area contributed by atoms with Crippen LogP contribution in [0.1, 0.15) is 12.5 Å². The van der Waals surface area contributed by atoms with Crippen molar-refractivity contribution in [2.45, 2.75) is 13.3 Å². The number of rotatable bonds is 7. The molecule has 0 unspecified atom stereocenters. The number of nitrogens with one attached hydrogen (secondary N) is 3. The Bertz CT molecular complexity index is 1120. The van der Waals surface area contributed by atoms with E-state index in [0.29, 0.717) is 11.5 Å². The highest BCUT2D eigenvalue weighted by Gasteiger charge is 2.10. The quantitative estimate of drug-likeness (QED) is 0.328. The van der Waals surface area contributed by atoms with Gasteiger partial charge in [0.1, 0.15) is 11.5 Å². The van der Waals surface area contributed by atoms with Gasteiger partial charge in [-0.25, -0.2) is 0 Å². The van der Waals surface area contributed by atoms with E-state index in [-0.39, 0.29) is 18.3 Å². The van der Waals surface area contributed by atoms with E-state index < -0.39 is 11.8 Å². The number of amides is 2. The standard InChI is InChI=1S/C23H22BrN3O4S/c1-2-15-7-10-17(11-8-15)30-13-20(28)25-23(32)27-26-21(29)14-31-19-12-9-16-5-3-4-6-18(16)22(19)24/h3-12H,2,13-14H2,1H3,(H,26,29)(H2,25,27,28,32). The molecule has 3 rings (SSSR count). The van der Waals surface area contributed by atoms with E-state index in [0.717, 1.165) is 21.7 Å². The van der Waals surface area contributed by atoms with Gasteiger partial charge in [-0.15, -0.1) is 0 Å². The molecule has 0 atom stereocenters. The molecule has 0 aromatic heterocycles. The lowest BCUT2D eigenvalue weighted by Crippen LogP contribution is -2.50. The Morgan fingerprint density at radius 2 is 1.62 bits per heavy atom. The molecule has 3 N–H and O–H groups in total. The average Bonchev–Trinajstić information content (AvgIpc) is 2.81. The second-order valence-electron chi connectivity index (χ2n) is 6.72. The van der Waals surface area contributed by atoms with Gasteiger partial charge in [-0.1, -0.05) is 49.4 Å². The molecule has 0 fully saturated rings. The molecule has 0 bridgehead atoms. The van der Waals surface area contributed by atoms with Gasteiger partial charge in [0.15, 0.2) is 18.3 Å². The number of benzene rings is 3. The predicted molar refractivity (Wildman–Crippen MR) is 130 cm³/mol. The van der Waals surface area contributed by atoms with Crippen molar-refractivity contribution in [2.24, 2.45) is 0 Å². The van der Waals surface area contributed by atoms with E-state index >= 15 is 0 Å². The third-order valence-electron chi connectivity index (χ3n) is 4.46. The number of halogens is 1. The molecule has 3 aromatic rings. The smallest absolute Gasteiger partial charge is 0.276 e. The molecule has 0 aliphatic rings. The molecule has 7 nitrogen and oxygen atoms in total. The van der Waals surface area contributed by atoms with Crippen molar-refractivity contribution in [1.29, 1.82) is 0 Å². The summed E-state index contributed by atoms with van der Waals surface area (Å²) >= 11 is 8.51. The zero-order valence-corrected chi connectivity index (χ0v) is 19.7. The fourth-order valence-corrected chi connectivity index (χ4v) is 3.57. The van der Waals surface area contributed by atoms with Crippen molar-refractivity contribution in [1.82, 2.24) is 16.2 Å². The second-order valence-corrected chi connectivity index (χ2v) is 7.93. The van der Waals surface area contributed by atoms with Crippen LogP contribution < -0.4 is 25.6 Å². The minimum Gasteiger partial charge on any atom is -0.484 e. The van der Waals surface area contributed by atoms with Crippen molar-refractivity contribution < 1.29 is 19.1 Å². The van der Waals surface area contributed by atoms with Crippen molar-refractivity contribution in [3.8, 4) is 11.5 Å². The maximum atomic E-state index is 12.0. The summed E-state index contributed by atoms with van der Waals surface area (Å²) < 4.78 is 11.8.